The highest BCUT2D eigenvalue weighted by Gasteiger charge is 2.20. The number of rotatable bonds is 4. The Morgan fingerprint density at radius 3 is 2.73 bits per heavy atom. The van der Waals surface area contributed by atoms with Crippen molar-refractivity contribution in [2.24, 2.45) is 5.92 Å². The third-order valence-electron chi connectivity index (χ3n) is 4.03. The number of nitrogens with zero attached hydrogens (tertiary/aromatic N) is 4. The summed E-state index contributed by atoms with van der Waals surface area (Å²) in [6.07, 6.45) is 5.56. The van der Waals surface area contributed by atoms with Crippen LogP contribution in [0.1, 0.15) is 26.7 Å². The van der Waals surface area contributed by atoms with Crippen LogP contribution in [0.4, 0.5) is 5.95 Å². The second kappa shape index (κ2) is 6.30. The van der Waals surface area contributed by atoms with E-state index in [1.807, 2.05) is 12.1 Å². The highest BCUT2D eigenvalue weighted by atomic mass is 16.1. The van der Waals surface area contributed by atoms with E-state index in [1.54, 1.807) is 23.0 Å². The maximum absolute atomic E-state index is 12.4. The van der Waals surface area contributed by atoms with Gasteiger partial charge in [-0.15, -0.1) is 0 Å². The van der Waals surface area contributed by atoms with Crippen LogP contribution in [0.3, 0.4) is 0 Å². The Bertz CT molecular complexity index is 694. The largest absolute Gasteiger partial charge is 0.342 e. The van der Waals surface area contributed by atoms with Gasteiger partial charge in [-0.05, 0) is 30.9 Å². The average molecular weight is 298 g/mol. The molecule has 1 aliphatic rings. The lowest BCUT2D eigenvalue weighted by atomic mass is 10.1. The summed E-state index contributed by atoms with van der Waals surface area (Å²) in [5, 5.41) is 0. The summed E-state index contributed by atoms with van der Waals surface area (Å²) in [7, 11) is 0. The van der Waals surface area contributed by atoms with Crippen molar-refractivity contribution in [1.82, 2.24) is 14.5 Å². The second-order valence-corrected chi connectivity index (χ2v) is 6.19. The van der Waals surface area contributed by atoms with Crippen molar-refractivity contribution in [2.45, 2.75) is 33.2 Å². The standard InChI is InChI=1S/C17H22N4O/c1-13(2)6-11-20-9-3-10-21-16(22)12-15(19-17(20)21)14-4-7-18-8-5-14/h4-5,7-8,12-13H,3,6,9-11H2,1-2H3. The zero-order valence-corrected chi connectivity index (χ0v) is 13.2. The Balaban J connectivity index is 1.99. The van der Waals surface area contributed by atoms with E-state index in [2.05, 4.69) is 23.7 Å². The molecular weight excluding hydrogens is 276 g/mol. The highest BCUT2D eigenvalue weighted by Crippen LogP contribution is 2.22. The van der Waals surface area contributed by atoms with Gasteiger partial charge < -0.3 is 4.90 Å². The molecule has 5 nitrogen and oxygen atoms in total. The molecule has 3 heterocycles. The molecule has 0 amide bonds. The fourth-order valence-corrected chi connectivity index (χ4v) is 2.76. The molecule has 0 saturated carbocycles. The lowest BCUT2D eigenvalue weighted by Gasteiger charge is -2.31. The van der Waals surface area contributed by atoms with Crippen LogP contribution in [0.2, 0.25) is 0 Å². The lowest BCUT2D eigenvalue weighted by Crippen LogP contribution is -2.39. The van der Waals surface area contributed by atoms with E-state index in [-0.39, 0.29) is 5.56 Å². The summed E-state index contributed by atoms with van der Waals surface area (Å²) < 4.78 is 1.80. The van der Waals surface area contributed by atoms with Gasteiger partial charge in [0.1, 0.15) is 0 Å². The topological polar surface area (TPSA) is 51.0 Å². The van der Waals surface area contributed by atoms with Crippen molar-refractivity contribution in [3.63, 3.8) is 0 Å². The molecule has 0 spiro atoms. The minimum Gasteiger partial charge on any atom is -0.342 e. The van der Waals surface area contributed by atoms with Crippen LogP contribution in [-0.4, -0.2) is 27.6 Å². The summed E-state index contributed by atoms with van der Waals surface area (Å²) in [6, 6.07) is 5.41. The van der Waals surface area contributed by atoms with Crippen molar-refractivity contribution >= 4 is 5.95 Å². The van der Waals surface area contributed by atoms with Gasteiger partial charge in [0.15, 0.2) is 0 Å². The first-order valence-corrected chi connectivity index (χ1v) is 7.92. The van der Waals surface area contributed by atoms with Gasteiger partial charge in [0.2, 0.25) is 5.95 Å². The summed E-state index contributed by atoms with van der Waals surface area (Å²) in [6.45, 7) is 7.12. The fraction of sp³-hybridized carbons (Fsp3) is 0.471. The molecule has 0 saturated heterocycles. The van der Waals surface area contributed by atoms with E-state index < -0.39 is 0 Å². The number of fused-ring (bicyclic) bond motifs is 1. The van der Waals surface area contributed by atoms with Gasteiger partial charge in [0.05, 0.1) is 5.69 Å². The molecule has 2 aromatic rings. The van der Waals surface area contributed by atoms with Gasteiger partial charge >= 0.3 is 0 Å². The van der Waals surface area contributed by atoms with Crippen molar-refractivity contribution in [3.05, 3.63) is 40.9 Å². The maximum atomic E-state index is 12.4. The molecule has 0 unspecified atom stereocenters. The molecule has 0 aromatic carbocycles. The van der Waals surface area contributed by atoms with Gasteiger partial charge in [-0.3, -0.25) is 14.3 Å². The minimum atomic E-state index is 0.0334. The molecule has 2 aromatic heterocycles. The van der Waals surface area contributed by atoms with E-state index in [9.17, 15) is 4.79 Å². The molecule has 0 N–H and O–H groups in total. The number of hydrogen-bond acceptors (Lipinski definition) is 4. The molecule has 0 atom stereocenters. The molecule has 3 rings (SSSR count). The van der Waals surface area contributed by atoms with Crippen molar-refractivity contribution in [2.75, 3.05) is 18.0 Å². The van der Waals surface area contributed by atoms with E-state index in [1.165, 1.54) is 0 Å². The Morgan fingerprint density at radius 1 is 1.23 bits per heavy atom. The molecule has 1 aliphatic heterocycles. The Kier molecular flexibility index (Phi) is 4.22. The van der Waals surface area contributed by atoms with Crippen molar-refractivity contribution in [1.29, 1.82) is 0 Å². The Hall–Kier alpha value is -2.17. The van der Waals surface area contributed by atoms with E-state index in [0.29, 0.717) is 5.92 Å². The fourth-order valence-electron chi connectivity index (χ4n) is 2.76. The molecule has 5 heteroatoms. The molecular formula is C17H22N4O. The normalized spacial score (nSPS) is 14.2. The lowest BCUT2D eigenvalue weighted by molar-refractivity contribution is 0.500. The SMILES string of the molecule is CC(C)CCN1CCCn2c1nc(-c1ccncc1)cc2=O. The third-order valence-corrected chi connectivity index (χ3v) is 4.03. The number of aromatic nitrogens is 3. The number of pyridine rings is 1. The molecule has 22 heavy (non-hydrogen) atoms. The van der Waals surface area contributed by atoms with Crippen molar-refractivity contribution < 1.29 is 0 Å². The summed E-state index contributed by atoms with van der Waals surface area (Å²) >= 11 is 0. The van der Waals surface area contributed by atoms with Gasteiger partial charge in [0, 0.05) is 43.7 Å². The molecule has 0 fully saturated rings. The van der Waals surface area contributed by atoms with E-state index >= 15 is 0 Å². The van der Waals surface area contributed by atoms with Crippen LogP contribution in [0.25, 0.3) is 11.3 Å². The average Bonchev–Trinajstić information content (AvgIpc) is 2.53. The zero-order chi connectivity index (χ0) is 15.5. The third kappa shape index (κ3) is 3.03. The predicted molar refractivity (Wildman–Crippen MR) is 88.0 cm³/mol. The van der Waals surface area contributed by atoms with Crippen LogP contribution in [0.5, 0.6) is 0 Å². The number of anilines is 1. The van der Waals surface area contributed by atoms with Crippen LogP contribution in [0, 0.1) is 5.92 Å². The van der Waals surface area contributed by atoms with Crippen LogP contribution < -0.4 is 10.5 Å². The van der Waals surface area contributed by atoms with Gasteiger partial charge in [-0.1, -0.05) is 13.8 Å². The maximum Gasteiger partial charge on any atom is 0.255 e. The predicted octanol–water partition coefficient (Wildman–Crippen LogP) is 2.56. The molecule has 0 radical (unpaired) electrons. The van der Waals surface area contributed by atoms with Crippen LogP contribution in [0.15, 0.2) is 35.4 Å². The van der Waals surface area contributed by atoms with Crippen molar-refractivity contribution in [3.8, 4) is 11.3 Å². The first kappa shape index (κ1) is 14.8. The summed E-state index contributed by atoms with van der Waals surface area (Å²) in [5.41, 5.74) is 1.70. The van der Waals surface area contributed by atoms with Crippen LogP contribution >= 0.6 is 0 Å². The van der Waals surface area contributed by atoms with Gasteiger partial charge in [-0.25, -0.2) is 4.98 Å². The summed E-state index contributed by atoms with van der Waals surface area (Å²) in [4.78, 5) is 23.5. The van der Waals surface area contributed by atoms with Crippen LogP contribution in [-0.2, 0) is 6.54 Å². The Morgan fingerprint density at radius 2 is 2.00 bits per heavy atom. The minimum absolute atomic E-state index is 0.0334. The van der Waals surface area contributed by atoms with Gasteiger partial charge in [0.25, 0.3) is 5.56 Å². The monoisotopic (exact) mass is 298 g/mol. The summed E-state index contributed by atoms with van der Waals surface area (Å²) in [5.74, 6) is 1.46. The highest BCUT2D eigenvalue weighted by molar-refractivity contribution is 5.59. The first-order chi connectivity index (χ1) is 10.6. The second-order valence-electron chi connectivity index (χ2n) is 6.19. The molecule has 0 bridgehead atoms. The molecule has 0 aliphatic carbocycles. The smallest absolute Gasteiger partial charge is 0.255 e. The van der Waals surface area contributed by atoms with E-state index in [0.717, 1.165) is 49.7 Å². The Labute approximate surface area is 130 Å². The quantitative estimate of drug-likeness (QED) is 0.870. The van der Waals surface area contributed by atoms with E-state index in [4.69, 9.17) is 4.98 Å². The number of hydrogen-bond donors (Lipinski definition) is 0. The zero-order valence-electron chi connectivity index (χ0n) is 13.2. The molecule has 116 valence electrons. The van der Waals surface area contributed by atoms with Gasteiger partial charge in [-0.2, -0.15) is 0 Å². The first-order valence-electron chi connectivity index (χ1n) is 7.92.